The van der Waals surface area contributed by atoms with Crippen molar-refractivity contribution < 1.29 is 9.18 Å². The highest BCUT2D eigenvalue weighted by Gasteiger charge is 2.35. The van der Waals surface area contributed by atoms with Crippen LogP contribution < -0.4 is 0 Å². The van der Waals surface area contributed by atoms with Crippen LogP contribution in [0.15, 0.2) is 30.5 Å². The lowest BCUT2D eigenvalue weighted by atomic mass is 10.1. The Labute approximate surface area is 121 Å². The topological polar surface area (TPSA) is 51.0 Å². The third-order valence-electron chi connectivity index (χ3n) is 4.15. The molecule has 1 saturated carbocycles. The maximum atomic E-state index is 13.6. The monoisotopic (exact) mass is 286 g/mol. The summed E-state index contributed by atoms with van der Waals surface area (Å²) in [6.07, 6.45) is 4.37. The molecule has 2 aliphatic rings. The molecule has 1 saturated heterocycles. The third-order valence-corrected chi connectivity index (χ3v) is 4.15. The minimum absolute atomic E-state index is 0.133. The van der Waals surface area contributed by atoms with Crippen molar-refractivity contribution in [3.8, 4) is 0 Å². The number of aromatic nitrogens is 3. The Morgan fingerprint density at radius 2 is 2.00 bits per heavy atom. The fourth-order valence-corrected chi connectivity index (χ4v) is 2.63. The van der Waals surface area contributed by atoms with Gasteiger partial charge in [-0.2, -0.15) is 0 Å². The van der Waals surface area contributed by atoms with Gasteiger partial charge in [-0.25, -0.2) is 9.07 Å². The van der Waals surface area contributed by atoms with Gasteiger partial charge in [0.2, 0.25) is 0 Å². The minimum Gasteiger partial charge on any atom is -0.334 e. The van der Waals surface area contributed by atoms with Crippen molar-refractivity contribution in [2.45, 2.75) is 24.8 Å². The molecule has 2 fully saturated rings. The molecule has 0 N–H and O–H groups in total. The molecule has 0 radical (unpaired) electrons. The number of halogens is 1. The normalized spacial score (nSPS) is 18.6. The Morgan fingerprint density at radius 3 is 2.71 bits per heavy atom. The zero-order valence-corrected chi connectivity index (χ0v) is 11.4. The maximum absolute atomic E-state index is 13.6. The number of hydrogen-bond acceptors (Lipinski definition) is 3. The first-order valence-electron chi connectivity index (χ1n) is 7.18. The molecule has 1 aromatic carbocycles. The summed E-state index contributed by atoms with van der Waals surface area (Å²) in [7, 11) is 0. The van der Waals surface area contributed by atoms with Crippen LogP contribution in [0, 0.1) is 5.82 Å². The van der Waals surface area contributed by atoms with Crippen LogP contribution in [0.2, 0.25) is 0 Å². The molecule has 6 heteroatoms. The van der Waals surface area contributed by atoms with Crippen molar-refractivity contribution in [2.75, 3.05) is 13.1 Å². The van der Waals surface area contributed by atoms with Crippen LogP contribution in [0.3, 0.4) is 0 Å². The molecule has 108 valence electrons. The van der Waals surface area contributed by atoms with Crippen LogP contribution in [-0.4, -0.2) is 38.9 Å². The second-order valence-corrected chi connectivity index (χ2v) is 5.74. The quantitative estimate of drug-likeness (QED) is 0.867. The molecule has 0 unspecified atom stereocenters. The first-order chi connectivity index (χ1) is 10.2. The SMILES string of the molecule is O=C(c1ccccc1F)N1CC(n2cc(C3CC3)nn2)C1. The van der Waals surface area contributed by atoms with Gasteiger partial charge in [-0.1, -0.05) is 17.3 Å². The van der Waals surface area contributed by atoms with Gasteiger partial charge in [0.15, 0.2) is 0 Å². The molecule has 1 aromatic heterocycles. The number of amides is 1. The Bertz CT molecular complexity index is 688. The van der Waals surface area contributed by atoms with E-state index in [1.54, 1.807) is 17.0 Å². The van der Waals surface area contributed by atoms with Crippen molar-refractivity contribution in [2.24, 2.45) is 0 Å². The van der Waals surface area contributed by atoms with E-state index in [1.165, 1.54) is 25.0 Å². The number of benzene rings is 1. The summed E-state index contributed by atoms with van der Waals surface area (Å²) < 4.78 is 15.4. The van der Waals surface area contributed by atoms with Gasteiger partial charge >= 0.3 is 0 Å². The van der Waals surface area contributed by atoms with Crippen molar-refractivity contribution in [3.63, 3.8) is 0 Å². The van der Waals surface area contributed by atoms with E-state index < -0.39 is 5.82 Å². The number of likely N-dealkylation sites (tertiary alicyclic amines) is 1. The van der Waals surface area contributed by atoms with E-state index in [0.29, 0.717) is 19.0 Å². The van der Waals surface area contributed by atoms with Crippen molar-refractivity contribution >= 4 is 5.91 Å². The van der Waals surface area contributed by atoms with Crippen LogP contribution in [0.25, 0.3) is 0 Å². The van der Waals surface area contributed by atoms with Gasteiger partial charge in [-0.05, 0) is 25.0 Å². The molecule has 2 aromatic rings. The Kier molecular flexibility index (Phi) is 2.77. The highest BCUT2D eigenvalue weighted by molar-refractivity contribution is 5.95. The van der Waals surface area contributed by atoms with E-state index in [9.17, 15) is 9.18 Å². The number of hydrogen-bond donors (Lipinski definition) is 0. The first kappa shape index (κ1) is 12.5. The zero-order valence-electron chi connectivity index (χ0n) is 11.4. The van der Waals surface area contributed by atoms with Crippen LogP contribution in [0.4, 0.5) is 4.39 Å². The third kappa shape index (κ3) is 2.20. The van der Waals surface area contributed by atoms with Crippen molar-refractivity contribution in [1.82, 2.24) is 19.9 Å². The highest BCUT2D eigenvalue weighted by Crippen LogP contribution is 2.39. The second-order valence-electron chi connectivity index (χ2n) is 5.74. The predicted molar refractivity (Wildman–Crippen MR) is 73.3 cm³/mol. The van der Waals surface area contributed by atoms with E-state index in [2.05, 4.69) is 10.3 Å². The fourth-order valence-electron chi connectivity index (χ4n) is 2.63. The number of carbonyl (C=O) groups excluding carboxylic acids is 1. The first-order valence-corrected chi connectivity index (χ1v) is 7.18. The van der Waals surface area contributed by atoms with E-state index in [1.807, 2.05) is 10.9 Å². The van der Waals surface area contributed by atoms with E-state index in [4.69, 9.17) is 0 Å². The largest absolute Gasteiger partial charge is 0.334 e. The minimum atomic E-state index is -0.470. The molecule has 5 nitrogen and oxygen atoms in total. The average molecular weight is 286 g/mol. The summed E-state index contributed by atoms with van der Waals surface area (Å²) in [4.78, 5) is 13.8. The molecule has 21 heavy (non-hydrogen) atoms. The predicted octanol–water partition coefficient (Wildman–Crippen LogP) is 1.99. The molecule has 1 aliphatic heterocycles. The fraction of sp³-hybridized carbons (Fsp3) is 0.400. The molecule has 1 aliphatic carbocycles. The average Bonchev–Trinajstić information content (AvgIpc) is 3.17. The van der Waals surface area contributed by atoms with Crippen LogP contribution >= 0.6 is 0 Å². The molecule has 1 amide bonds. The Morgan fingerprint density at radius 1 is 1.24 bits per heavy atom. The number of nitrogens with zero attached hydrogens (tertiary/aromatic N) is 4. The summed E-state index contributed by atoms with van der Waals surface area (Å²) in [5.74, 6) is -0.149. The van der Waals surface area contributed by atoms with Crippen molar-refractivity contribution in [1.29, 1.82) is 0 Å². The summed E-state index contributed by atoms with van der Waals surface area (Å²) in [5, 5.41) is 8.31. The van der Waals surface area contributed by atoms with E-state index in [-0.39, 0.29) is 17.5 Å². The molecular weight excluding hydrogens is 271 g/mol. The summed E-state index contributed by atoms with van der Waals surface area (Å²) in [5.41, 5.74) is 1.18. The molecule has 2 heterocycles. The highest BCUT2D eigenvalue weighted by atomic mass is 19.1. The molecule has 4 rings (SSSR count). The van der Waals surface area contributed by atoms with Crippen LogP contribution in [0.5, 0.6) is 0 Å². The maximum Gasteiger partial charge on any atom is 0.256 e. The lowest BCUT2D eigenvalue weighted by Gasteiger charge is -2.38. The molecular formula is C15H15FN4O. The van der Waals surface area contributed by atoms with E-state index >= 15 is 0 Å². The van der Waals surface area contributed by atoms with Gasteiger partial charge < -0.3 is 4.90 Å². The molecule has 0 bridgehead atoms. The Balaban J connectivity index is 1.42. The van der Waals surface area contributed by atoms with Crippen molar-refractivity contribution in [3.05, 3.63) is 47.5 Å². The van der Waals surface area contributed by atoms with Crippen LogP contribution in [-0.2, 0) is 0 Å². The second kappa shape index (κ2) is 4.65. The van der Waals surface area contributed by atoms with Gasteiger partial charge in [0.25, 0.3) is 5.91 Å². The summed E-state index contributed by atoms with van der Waals surface area (Å²) in [6.45, 7) is 1.11. The lowest BCUT2D eigenvalue weighted by Crippen LogP contribution is -2.51. The van der Waals surface area contributed by atoms with Gasteiger partial charge in [0.05, 0.1) is 17.3 Å². The van der Waals surface area contributed by atoms with Crippen LogP contribution in [0.1, 0.15) is 40.9 Å². The van der Waals surface area contributed by atoms with E-state index in [0.717, 1.165) is 5.69 Å². The number of carbonyl (C=O) groups is 1. The molecule has 0 atom stereocenters. The number of rotatable bonds is 3. The standard InChI is InChI=1S/C15H15FN4O/c16-13-4-2-1-3-12(13)15(21)19-7-11(8-19)20-9-14(17-18-20)10-5-6-10/h1-4,9-11H,5-8H2. The van der Waals surface area contributed by atoms with Gasteiger partial charge in [0.1, 0.15) is 5.82 Å². The Hall–Kier alpha value is -2.24. The summed E-state index contributed by atoms with van der Waals surface area (Å²) >= 11 is 0. The molecule has 0 spiro atoms. The zero-order chi connectivity index (χ0) is 14.4. The van der Waals surface area contributed by atoms with Gasteiger partial charge in [-0.15, -0.1) is 5.10 Å². The lowest BCUT2D eigenvalue weighted by molar-refractivity contribution is 0.0493. The van der Waals surface area contributed by atoms with Gasteiger partial charge in [-0.3, -0.25) is 4.79 Å². The van der Waals surface area contributed by atoms with Gasteiger partial charge in [0, 0.05) is 25.2 Å². The smallest absolute Gasteiger partial charge is 0.256 e. The summed E-state index contributed by atoms with van der Waals surface area (Å²) in [6, 6.07) is 6.24.